The fraction of sp³-hybridized carbons (Fsp3) is 0.389. The normalized spacial score (nSPS) is 11.4. The zero-order valence-corrected chi connectivity index (χ0v) is 25.3. The summed E-state index contributed by atoms with van der Waals surface area (Å²) < 4.78 is 1.66. The Kier molecular flexibility index (Phi) is 12.6. The first kappa shape index (κ1) is 30.6. The summed E-state index contributed by atoms with van der Waals surface area (Å²) in [4.78, 5) is 17.1. The van der Waals surface area contributed by atoms with Crippen LogP contribution in [0.3, 0.4) is 0 Å². The zero-order valence-electron chi connectivity index (χ0n) is 24.5. The number of rotatable bonds is 18. The lowest BCUT2D eigenvalue weighted by molar-refractivity contribution is -0.121. The highest BCUT2D eigenvalue weighted by molar-refractivity contribution is 7.99. The molecule has 0 aliphatic rings. The van der Waals surface area contributed by atoms with Crippen LogP contribution in [0.15, 0.2) is 104 Å². The molecule has 0 aliphatic carbocycles. The van der Waals surface area contributed by atoms with Crippen LogP contribution in [0.25, 0.3) is 0 Å². The molecule has 0 aliphatic heterocycles. The second kappa shape index (κ2) is 16.8. The predicted octanol–water partition coefficient (Wildman–Crippen LogP) is 8.95. The predicted molar refractivity (Wildman–Crippen MR) is 173 cm³/mol. The number of hydrogen-bond donors (Lipinski definition) is 1. The van der Waals surface area contributed by atoms with E-state index in [0.717, 1.165) is 18.5 Å². The van der Waals surface area contributed by atoms with E-state index in [1.165, 1.54) is 61.6 Å². The van der Waals surface area contributed by atoms with E-state index in [0.29, 0.717) is 19.4 Å². The maximum absolute atomic E-state index is 12.4. The Hall–Kier alpha value is -3.31. The Morgan fingerprint density at radius 3 is 1.73 bits per heavy atom. The number of hydrogen-bond acceptors (Lipinski definition) is 3. The van der Waals surface area contributed by atoms with Crippen molar-refractivity contribution in [3.8, 4) is 0 Å². The van der Waals surface area contributed by atoms with Crippen molar-refractivity contribution in [3.63, 3.8) is 0 Å². The number of imidazole rings is 1. The Morgan fingerprint density at radius 1 is 0.732 bits per heavy atom. The number of unbranched alkanes of at least 4 members (excludes halogenated alkanes) is 8. The van der Waals surface area contributed by atoms with Crippen molar-refractivity contribution in [1.82, 2.24) is 14.3 Å². The molecule has 4 rings (SSSR count). The Bertz CT molecular complexity index is 1180. The van der Waals surface area contributed by atoms with E-state index in [1.54, 1.807) is 11.9 Å². The lowest BCUT2D eigenvalue weighted by Crippen LogP contribution is -2.27. The van der Waals surface area contributed by atoms with E-state index < -0.39 is 4.75 Å². The van der Waals surface area contributed by atoms with Gasteiger partial charge in [0.15, 0.2) is 0 Å². The minimum absolute atomic E-state index is 0.151. The van der Waals surface area contributed by atoms with Gasteiger partial charge in [-0.3, -0.25) is 8.77 Å². The lowest BCUT2D eigenvalue weighted by atomic mass is 9.84. The van der Waals surface area contributed by atoms with Crippen molar-refractivity contribution in [1.29, 1.82) is 0 Å². The molecule has 4 aromatic rings. The van der Waals surface area contributed by atoms with E-state index in [4.69, 9.17) is 4.98 Å². The lowest BCUT2D eigenvalue weighted by Gasteiger charge is -2.35. The maximum Gasteiger partial charge on any atom is 0.220 e. The summed E-state index contributed by atoms with van der Waals surface area (Å²) in [5.74, 6) is 0.151. The topological polar surface area (TPSA) is 46.9 Å². The molecular weight excluding hydrogens is 522 g/mol. The summed E-state index contributed by atoms with van der Waals surface area (Å²) in [6.07, 6.45) is 16.7. The third kappa shape index (κ3) is 9.09. The van der Waals surface area contributed by atoms with Gasteiger partial charge in [0.05, 0.1) is 5.69 Å². The Labute approximate surface area is 251 Å². The molecule has 216 valence electrons. The summed E-state index contributed by atoms with van der Waals surface area (Å²) in [5, 5.41) is 3.10. The summed E-state index contributed by atoms with van der Waals surface area (Å²) in [6, 6.07) is 32.0. The molecule has 1 heterocycles. The molecule has 0 atom stereocenters. The molecule has 0 saturated heterocycles. The quantitative estimate of drug-likeness (QED) is 0.0964. The van der Waals surface area contributed by atoms with Crippen LogP contribution in [0.4, 0.5) is 0 Å². The van der Waals surface area contributed by atoms with E-state index in [-0.39, 0.29) is 5.91 Å². The number of carbonyl (C=O) groups excluding carboxylic acids is 1. The number of benzene rings is 3. The molecule has 4 nitrogen and oxygen atoms in total. The summed E-state index contributed by atoms with van der Waals surface area (Å²) in [7, 11) is 0. The smallest absolute Gasteiger partial charge is 0.220 e. The van der Waals surface area contributed by atoms with Crippen LogP contribution in [0, 0.1) is 0 Å². The molecular formula is C36H45N3OS. The third-order valence-corrected chi connectivity index (χ3v) is 9.00. The molecule has 0 saturated carbocycles. The van der Waals surface area contributed by atoms with E-state index in [2.05, 4.69) is 113 Å². The van der Waals surface area contributed by atoms with Gasteiger partial charge in [0.25, 0.3) is 0 Å². The highest BCUT2D eigenvalue weighted by atomic mass is 32.2. The molecule has 41 heavy (non-hydrogen) atoms. The van der Waals surface area contributed by atoms with Crippen LogP contribution >= 0.6 is 11.9 Å². The monoisotopic (exact) mass is 567 g/mol. The minimum Gasteiger partial charge on any atom is -0.356 e. The van der Waals surface area contributed by atoms with Crippen molar-refractivity contribution in [3.05, 3.63) is 126 Å². The van der Waals surface area contributed by atoms with Crippen LogP contribution < -0.4 is 5.32 Å². The van der Waals surface area contributed by atoms with Gasteiger partial charge in [0.1, 0.15) is 11.1 Å². The second-order valence-corrected chi connectivity index (χ2v) is 12.0. The fourth-order valence-electron chi connectivity index (χ4n) is 5.37. The molecule has 0 fully saturated rings. The second-order valence-electron chi connectivity index (χ2n) is 10.8. The zero-order chi connectivity index (χ0) is 28.6. The van der Waals surface area contributed by atoms with Crippen LogP contribution in [-0.2, 0) is 16.0 Å². The average Bonchev–Trinajstić information content (AvgIpc) is 3.47. The van der Waals surface area contributed by atoms with Crippen molar-refractivity contribution in [2.75, 3.05) is 6.54 Å². The van der Waals surface area contributed by atoms with Crippen LogP contribution in [-0.4, -0.2) is 21.4 Å². The van der Waals surface area contributed by atoms with Crippen LogP contribution in [0.1, 0.15) is 93.5 Å². The molecule has 0 bridgehead atoms. The van der Waals surface area contributed by atoms with E-state index >= 15 is 0 Å². The molecule has 1 amide bonds. The number of aromatic nitrogens is 2. The first-order valence-electron chi connectivity index (χ1n) is 15.4. The van der Waals surface area contributed by atoms with Gasteiger partial charge in [-0.2, -0.15) is 0 Å². The van der Waals surface area contributed by atoms with Crippen LogP contribution in [0.5, 0.6) is 0 Å². The highest BCUT2D eigenvalue weighted by Gasteiger charge is 2.38. The number of carbonyl (C=O) groups is 1. The van der Waals surface area contributed by atoms with Gasteiger partial charge in [-0.15, -0.1) is 0 Å². The fourth-order valence-corrected chi connectivity index (χ4v) is 6.68. The van der Waals surface area contributed by atoms with Gasteiger partial charge in [-0.25, -0.2) is 4.98 Å². The first-order valence-corrected chi connectivity index (χ1v) is 16.2. The summed E-state index contributed by atoms with van der Waals surface area (Å²) in [5.41, 5.74) is 4.60. The Balaban J connectivity index is 1.33. The highest BCUT2D eigenvalue weighted by Crippen LogP contribution is 2.48. The SMILES string of the molecule is CCCCCCCCCCCC(=O)NCCc1cn(SC(c2ccccc2)(c2ccccc2)c2ccccc2)cn1. The molecule has 1 N–H and O–H groups in total. The summed E-state index contributed by atoms with van der Waals surface area (Å²) >= 11 is 1.75. The van der Waals surface area contributed by atoms with Gasteiger partial charge in [0, 0.05) is 25.6 Å². The van der Waals surface area contributed by atoms with Crippen molar-refractivity contribution < 1.29 is 4.79 Å². The Morgan fingerprint density at radius 2 is 1.22 bits per heavy atom. The van der Waals surface area contributed by atoms with Crippen LogP contribution in [0.2, 0.25) is 0 Å². The average molecular weight is 568 g/mol. The number of nitrogens with zero attached hydrogens (tertiary/aromatic N) is 2. The minimum atomic E-state index is -0.453. The number of amides is 1. The van der Waals surface area contributed by atoms with E-state index in [9.17, 15) is 4.79 Å². The first-order chi connectivity index (χ1) is 20.2. The van der Waals surface area contributed by atoms with Crippen molar-refractivity contribution in [2.24, 2.45) is 0 Å². The third-order valence-electron chi connectivity index (χ3n) is 7.61. The molecule has 0 unspecified atom stereocenters. The van der Waals surface area contributed by atoms with Gasteiger partial charge in [0.2, 0.25) is 5.91 Å². The standard InChI is InChI=1S/C36H45N3OS/c1-2-3-4-5-6-7-8-9-19-26-35(40)37-28-27-34-29-39(30-38-34)41-36(31-20-13-10-14-21-31,32-22-15-11-16-23-32)33-24-17-12-18-25-33/h10-18,20-25,29-30H,2-9,19,26-28H2,1H3,(H,37,40). The summed E-state index contributed by atoms with van der Waals surface area (Å²) in [6.45, 7) is 2.87. The van der Waals surface area contributed by atoms with Gasteiger partial charge in [-0.05, 0) is 35.1 Å². The van der Waals surface area contributed by atoms with Gasteiger partial charge in [-0.1, -0.05) is 149 Å². The largest absolute Gasteiger partial charge is 0.356 e. The van der Waals surface area contributed by atoms with Gasteiger partial charge >= 0.3 is 0 Å². The molecule has 5 heteroatoms. The van der Waals surface area contributed by atoms with Crippen molar-refractivity contribution >= 4 is 17.9 Å². The van der Waals surface area contributed by atoms with Crippen molar-refractivity contribution in [2.45, 2.75) is 82.3 Å². The molecule has 0 radical (unpaired) electrons. The molecule has 0 spiro atoms. The molecule has 1 aromatic heterocycles. The van der Waals surface area contributed by atoms with Gasteiger partial charge < -0.3 is 5.32 Å². The van der Waals surface area contributed by atoms with E-state index in [1.807, 2.05) is 6.33 Å². The maximum atomic E-state index is 12.4. The number of nitrogens with one attached hydrogen (secondary N) is 1. The molecule has 3 aromatic carbocycles.